The summed E-state index contributed by atoms with van der Waals surface area (Å²) in [6, 6.07) is 5.69. The lowest BCUT2D eigenvalue weighted by molar-refractivity contribution is -0.141. The van der Waals surface area contributed by atoms with Crippen molar-refractivity contribution in [2.24, 2.45) is 5.73 Å². The Labute approximate surface area is 174 Å². The lowest BCUT2D eigenvalue weighted by Gasteiger charge is -2.29. The normalized spacial score (nSPS) is 16.2. The molecule has 0 unspecified atom stereocenters. The van der Waals surface area contributed by atoms with Gasteiger partial charge in [-0.15, -0.1) is 0 Å². The van der Waals surface area contributed by atoms with Crippen LogP contribution < -0.4 is 11.1 Å². The van der Waals surface area contributed by atoms with E-state index < -0.39 is 17.8 Å². The van der Waals surface area contributed by atoms with Gasteiger partial charge in [-0.2, -0.15) is 5.26 Å². The monoisotopic (exact) mass is 416 g/mol. The predicted octanol–water partition coefficient (Wildman–Crippen LogP) is 1.97. The van der Waals surface area contributed by atoms with Crippen LogP contribution in [-0.4, -0.2) is 42.4 Å². The highest BCUT2D eigenvalue weighted by Crippen LogP contribution is 2.40. The second-order valence-electron chi connectivity index (χ2n) is 6.24. The third kappa shape index (κ3) is 6.07. The molecule has 0 saturated heterocycles. The third-order valence-corrected chi connectivity index (χ3v) is 5.09. The summed E-state index contributed by atoms with van der Waals surface area (Å²) in [5.74, 6) is -1.68. The zero-order chi connectivity index (χ0) is 21.2. The third-order valence-electron chi connectivity index (χ3n) is 4.05. The number of primary amides is 1. The number of ether oxygens (including phenoxy) is 2. The molecule has 1 aromatic rings. The molecule has 0 bridgehead atoms. The number of carbonyl (C=O) groups excluding carboxylic acids is 2. The van der Waals surface area contributed by atoms with Gasteiger partial charge in [0.05, 0.1) is 40.5 Å². The molecule has 8 nitrogen and oxygen atoms in total. The van der Waals surface area contributed by atoms with Crippen molar-refractivity contribution in [3.63, 3.8) is 0 Å². The van der Waals surface area contributed by atoms with Crippen LogP contribution in [0.3, 0.4) is 0 Å². The van der Waals surface area contributed by atoms with Crippen molar-refractivity contribution in [2.75, 3.05) is 25.6 Å². The van der Waals surface area contributed by atoms with Gasteiger partial charge < -0.3 is 20.5 Å². The zero-order valence-electron chi connectivity index (χ0n) is 16.4. The molecule has 0 saturated carbocycles. The fourth-order valence-corrected chi connectivity index (χ4v) is 3.67. The molecule has 0 spiro atoms. The van der Waals surface area contributed by atoms with Gasteiger partial charge in [-0.25, -0.2) is 4.79 Å². The molecule has 1 aliphatic rings. The Hall–Kier alpha value is -2.83. The topological polar surface area (TPSA) is 127 Å². The minimum Gasteiger partial charge on any atom is -0.460 e. The molecule has 3 N–H and O–H groups in total. The number of rotatable bonds is 10. The first-order valence-corrected chi connectivity index (χ1v) is 10.2. The van der Waals surface area contributed by atoms with Crippen LogP contribution in [0.25, 0.3) is 0 Å². The molecule has 0 aromatic carbocycles. The van der Waals surface area contributed by atoms with Crippen LogP contribution >= 0.6 is 11.8 Å². The van der Waals surface area contributed by atoms with Crippen molar-refractivity contribution in [1.29, 1.82) is 5.26 Å². The van der Waals surface area contributed by atoms with E-state index in [4.69, 9.17) is 15.2 Å². The van der Waals surface area contributed by atoms with E-state index in [1.54, 1.807) is 31.5 Å². The van der Waals surface area contributed by atoms with Crippen LogP contribution in [0.4, 0.5) is 0 Å². The number of nitrogens with one attached hydrogen (secondary N) is 1. The lowest BCUT2D eigenvalue weighted by atomic mass is 9.83. The highest BCUT2D eigenvalue weighted by Gasteiger charge is 2.35. The Morgan fingerprint density at radius 2 is 2.17 bits per heavy atom. The Morgan fingerprint density at radius 1 is 1.38 bits per heavy atom. The van der Waals surface area contributed by atoms with Crippen LogP contribution in [-0.2, 0) is 19.1 Å². The number of pyridine rings is 1. The first-order chi connectivity index (χ1) is 14.0. The van der Waals surface area contributed by atoms with E-state index in [2.05, 4.69) is 16.4 Å². The summed E-state index contributed by atoms with van der Waals surface area (Å²) in [4.78, 5) is 28.2. The number of nitrogens with zero attached hydrogens (tertiary/aromatic N) is 2. The number of aromatic nitrogens is 1. The molecule has 0 aliphatic carbocycles. The minimum absolute atomic E-state index is 0.00903. The van der Waals surface area contributed by atoms with Gasteiger partial charge >= 0.3 is 5.97 Å². The molecule has 29 heavy (non-hydrogen) atoms. The maximum Gasteiger partial charge on any atom is 0.336 e. The number of thioether (sulfide) groups is 1. The molecule has 2 rings (SSSR count). The van der Waals surface area contributed by atoms with Crippen molar-refractivity contribution < 1.29 is 19.1 Å². The molecule has 1 aromatic heterocycles. The summed E-state index contributed by atoms with van der Waals surface area (Å²) in [6.07, 6.45) is 4.10. The predicted molar refractivity (Wildman–Crippen MR) is 109 cm³/mol. The van der Waals surface area contributed by atoms with Crippen LogP contribution in [0.2, 0.25) is 0 Å². The number of amides is 1. The van der Waals surface area contributed by atoms with Crippen molar-refractivity contribution in [1.82, 2.24) is 10.3 Å². The molecule has 1 aliphatic heterocycles. The SMILES string of the molecule is CCCOCCOC(=O)C1=C(C)NC(SCC(N)=O)=C(C#N)[C@H]1c1cccnc1. The van der Waals surface area contributed by atoms with Gasteiger partial charge in [0.2, 0.25) is 5.91 Å². The first kappa shape index (κ1) is 22.5. The van der Waals surface area contributed by atoms with Crippen molar-refractivity contribution in [2.45, 2.75) is 26.2 Å². The van der Waals surface area contributed by atoms with Crippen LogP contribution in [0.1, 0.15) is 31.7 Å². The minimum atomic E-state index is -0.658. The van der Waals surface area contributed by atoms with Gasteiger partial charge in [-0.1, -0.05) is 24.8 Å². The number of nitriles is 1. The van der Waals surface area contributed by atoms with Crippen molar-refractivity contribution in [3.8, 4) is 6.07 Å². The molecule has 0 fully saturated rings. The van der Waals surface area contributed by atoms with E-state index >= 15 is 0 Å². The summed E-state index contributed by atoms with van der Waals surface area (Å²) >= 11 is 1.13. The summed E-state index contributed by atoms with van der Waals surface area (Å²) in [5, 5.41) is 13.4. The highest BCUT2D eigenvalue weighted by molar-refractivity contribution is 8.03. The Kier molecular flexibility index (Phi) is 8.70. The number of nitrogens with two attached hydrogens (primary N) is 1. The van der Waals surface area contributed by atoms with Crippen LogP contribution in [0.15, 0.2) is 46.4 Å². The lowest BCUT2D eigenvalue weighted by Crippen LogP contribution is -2.30. The van der Waals surface area contributed by atoms with Gasteiger partial charge in [0.25, 0.3) is 0 Å². The molecular formula is C20H24N4O4S. The summed E-state index contributed by atoms with van der Waals surface area (Å²) < 4.78 is 10.7. The molecule has 154 valence electrons. The number of hydrogen-bond donors (Lipinski definition) is 2. The summed E-state index contributed by atoms with van der Waals surface area (Å²) in [7, 11) is 0. The number of allylic oxidation sites excluding steroid dienone is 2. The molecule has 2 heterocycles. The van der Waals surface area contributed by atoms with Crippen molar-refractivity contribution in [3.05, 3.63) is 52.0 Å². The van der Waals surface area contributed by atoms with Gasteiger partial charge in [-0.05, 0) is 25.0 Å². The molecule has 1 amide bonds. The van der Waals surface area contributed by atoms with E-state index in [-0.39, 0.29) is 12.4 Å². The standard InChI is InChI=1S/C20H24N4O4S/c1-3-7-27-8-9-28-20(26)17-13(2)24-19(29-12-16(22)25)15(10-21)18(17)14-5-4-6-23-11-14/h4-6,11,18,24H,3,7-9,12H2,1-2H3,(H2,22,25)/t18-/m1/s1. The van der Waals surface area contributed by atoms with E-state index in [0.717, 1.165) is 18.2 Å². The quantitative estimate of drug-likeness (QED) is 0.438. The Bertz CT molecular complexity index is 846. The molecular weight excluding hydrogens is 392 g/mol. The fraction of sp³-hybridized carbons (Fsp3) is 0.400. The summed E-state index contributed by atoms with van der Waals surface area (Å²) in [6.45, 7) is 4.74. The second kappa shape index (κ2) is 11.2. The number of dihydropyridines is 1. The number of hydrogen-bond acceptors (Lipinski definition) is 8. The highest BCUT2D eigenvalue weighted by atomic mass is 32.2. The maximum absolute atomic E-state index is 12.9. The average Bonchev–Trinajstić information content (AvgIpc) is 2.71. The van der Waals surface area contributed by atoms with Gasteiger partial charge in [-0.3, -0.25) is 9.78 Å². The number of carbonyl (C=O) groups is 2. The van der Waals surface area contributed by atoms with Gasteiger partial charge in [0, 0.05) is 24.7 Å². The van der Waals surface area contributed by atoms with E-state index in [1.807, 2.05) is 6.92 Å². The van der Waals surface area contributed by atoms with Crippen molar-refractivity contribution >= 4 is 23.6 Å². The fourth-order valence-electron chi connectivity index (χ4n) is 2.84. The smallest absolute Gasteiger partial charge is 0.336 e. The maximum atomic E-state index is 12.9. The Morgan fingerprint density at radius 3 is 2.79 bits per heavy atom. The summed E-state index contributed by atoms with van der Waals surface area (Å²) in [5.41, 5.74) is 7.10. The average molecular weight is 417 g/mol. The molecule has 0 radical (unpaired) electrons. The van der Waals surface area contributed by atoms with Crippen LogP contribution in [0.5, 0.6) is 0 Å². The van der Waals surface area contributed by atoms with Gasteiger partial charge in [0.15, 0.2) is 0 Å². The van der Waals surface area contributed by atoms with E-state index in [1.165, 1.54) is 0 Å². The van der Waals surface area contributed by atoms with Crippen LogP contribution in [0, 0.1) is 11.3 Å². The van der Waals surface area contributed by atoms with E-state index in [0.29, 0.717) is 40.6 Å². The number of esters is 1. The molecule has 9 heteroatoms. The largest absolute Gasteiger partial charge is 0.460 e. The first-order valence-electron chi connectivity index (χ1n) is 9.17. The second-order valence-corrected chi connectivity index (χ2v) is 7.23. The Balaban J connectivity index is 2.33. The van der Waals surface area contributed by atoms with Gasteiger partial charge in [0.1, 0.15) is 6.61 Å². The molecule has 1 atom stereocenters. The van der Waals surface area contributed by atoms with E-state index in [9.17, 15) is 14.9 Å². The zero-order valence-corrected chi connectivity index (χ0v) is 17.3.